The standard InChI is InChI=1S/C14H20FNO/c1-10-8-11(15)4-5-12(10)13(16)9-14(17-2)6-3-7-14/h4-5,8,13H,3,6-7,9,16H2,1-2H3. The third-order valence-corrected chi connectivity index (χ3v) is 3.92. The SMILES string of the molecule is COC1(CC(N)c2ccc(F)cc2C)CCC1. The van der Waals surface area contributed by atoms with Crippen molar-refractivity contribution in [3.63, 3.8) is 0 Å². The van der Waals surface area contributed by atoms with Gasteiger partial charge in [-0.3, -0.25) is 0 Å². The van der Waals surface area contributed by atoms with E-state index in [9.17, 15) is 4.39 Å². The minimum absolute atomic E-state index is 0.0414. The van der Waals surface area contributed by atoms with Crippen LogP contribution in [0.25, 0.3) is 0 Å². The molecule has 1 atom stereocenters. The van der Waals surface area contributed by atoms with Crippen LogP contribution in [0.5, 0.6) is 0 Å². The van der Waals surface area contributed by atoms with Crippen LogP contribution in [0.2, 0.25) is 0 Å². The van der Waals surface area contributed by atoms with Gasteiger partial charge in [-0.15, -0.1) is 0 Å². The monoisotopic (exact) mass is 237 g/mol. The topological polar surface area (TPSA) is 35.2 Å². The molecule has 0 heterocycles. The first-order chi connectivity index (χ1) is 8.06. The van der Waals surface area contributed by atoms with Gasteiger partial charge in [0, 0.05) is 13.2 Å². The van der Waals surface area contributed by atoms with E-state index in [2.05, 4.69) is 0 Å². The van der Waals surface area contributed by atoms with Gasteiger partial charge in [0.1, 0.15) is 5.82 Å². The Bertz CT molecular complexity index is 396. The first-order valence-electron chi connectivity index (χ1n) is 6.13. The molecule has 1 aliphatic rings. The fourth-order valence-corrected chi connectivity index (χ4v) is 2.63. The molecule has 2 N–H and O–H groups in total. The Morgan fingerprint density at radius 2 is 2.18 bits per heavy atom. The molecule has 17 heavy (non-hydrogen) atoms. The van der Waals surface area contributed by atoms with Gasteiger partial charge in [0.15, 0.2) is 0 Å². The van der Waals surface area contributed by atoms with Crippen LogP contribution in [0.4, 0.5) is 4.39 Å². The zero-order valence-corrected chi connectivity index (χ0v) is 10.5. The van der Waals surface area contributed by atoms with E-state index in [4.69, 9.17) is 10.5 Å². The summed E-state index contributed by atoms with van der Waals surface area (Å²) in [5.41, 5.74) is 8.12. The van der Waals surface area contributed by atoms with Crippen LogP contribution >= 0.6 is 0 Å². The van der Waals surface area contributed by atoms with Gasteiger partial charge in [-0.2, -0.15) is 0 Å². The largest absolute Gasteiger partial charge is 0.378 e. The van der Waals surface area contributed by atoms with Gasteiger partial charge in [-0.05, 0) is 55.9 Å². The Morgan fingerprint density at radius 3 is 2.65 bits per heavy atom. The van der Waals surface area contributed by atoms with Gasteiger partial charge in [0.05, 0.1) is 5.60 Å². The summed E-state index contributed by atoms with van der Waals surface area (Å²) in [6.07, 6.45) is 4.19. The van der Waals surface area contributed by atoms with Crippen LogP contribution in [-0.2, 0) is 4.74 Å². The van der Waals surface area contributed by atoms with Gasteiger partial charge in [0.2, 0.25) is 0 Å². The Balaban J connectivity index is 2.11. The Kier molecular flexibility index (Phi) is 3.50. The normalized spacial score (nSPS) is 19.8. The fourth-order valence-electron chi connectivity index (χ4n) is 2.63. The first kappa shape index (κ1) is 12.5. The molecule has 0 aromatic heterocycles. The van der Waals surface area contributed by atoms with Crippen molar-refractivity contribution >= 4 is 0 Å². The molecule has 1 saturated carbocycles. The number of aryl methyl sites for hydroxylation is 1. The number of hydrogen-bond acceptors (Lipinski definition) is 2. The summed E-state index contributed by atoms with van der Waals surface area (Å²) < 4.78 is 18.6. The lowest BCUT2D eigenvalue weighted by molar-refractivity contribution is -0.0817. The molecule has 0 spiro atoms. The van der Waals surface area contributed by atoms with Crippen LogP contribution in [-0.4, -0.2) is 12.7 Å². The molecule has 3 heteroatoms. The summed E-state index contributed by atoms with van der Waals surface area (Å²) in [7, 11) is 1.75. The molecule has 0 saturated heterocycles. The predicted octanol–water partition coefficient (Wildman–Crippen LogP) is 3.09. The van der Waals surface area contributed by atoms with Gasteiger partial charge in [-0.1, -0.05) is 6.07 Å². The number of ether oxygens (including phenoxy) is 1. The average Bonchev–Trinajstić information content (AvgIpc) is 2.23. The lowest BCUT2D eigenvalue weighted by atomic mass is 9.74. The second kappa shape index (κ2) is 4.75. The molecule has 0 amide bonds. The lowest BCUT2D eigenvalue weighted by Gasteiger charge is -2.42. The smallest absolute Gasteiger partial charge is 0.123 e. The maximum Gasteiger partial charge on any atom is 0.123 e. The van der Waals surface area contributed by atoms with Crippen molar-refractivity contribution in [2.45, 2.75) is 44.2 Å². The number of methoxy groups -OCH3 is 1. The number of rotatable bonds is 4. The van der Waals surface area contributed by atoms with Crippen molar-refractivity contribution in [2.75, 3.05) is 7.11 Å². The van der Waals surface area contributed by atoms with E-state index in [0.717, 1.165) is 30.4 Å². The van der Waals surface area contributed by atoms with E-state index in [0.29, 0.717) is 0 Å². The molecule has 1 fully saturated rings. The highest BCUT2D eigenvalue weighted by Crippen LogP contribution is 2.41. The molecule has 1 aliphatic carbocycles. The summed E-state index contributed by atoms with van der Waals surface area (Å²) >= 11 is 0. The van der Waals surface area contributed by atoms with Crippen molar-refractivity contribution in [3.05, 3.63) is 35.1 Å². The molecule has 2 nitrogen and oxygen atoms in total. The summed E-state index contributed by atoms with van der Waals surface area (Å²) in [5.74, 6) is -0.205. The zero-order valence-electron chi connectivity index (χ0n) is 10.5. The Labute approximate surface area is 102 Å². The first-order valence-corrected chi connectivity index (χ1v) is 6.13. The lowest BCUT2D eigenvalue weighted by Crippen LogP contribution is -2.42. The van der Waals surface area contributed by atoms with Crippen molar-refractivity contribution in [2.24, 2.45) is 5.73 Å². The van der Waals surface area contributed by atoms with Crippen molar-refractivity contribution in [1.29, 1.82) is 0 Å². The maximum atomic E-state index is 13.0. The highest BCUT2D eigenvalue weighted by molar-refractivity contribution is 5.29. The molecule has 94 valence electrons. The van der Waals surface area contributed by atoms with Crippen molar-refractivity contribution < 1.29 is 9.13 Å². The van der Waals surface area contributed by atoms with Crippen LogP contribution in [0.15, 0.2) is 18.2 Å². The Morgan fingerprint density at radius 1 is 1.47 bits per heavy atom. The molecular formula is C14H20FNO. The minimum atomic E-state index is -0.205. The van der Waals surface area contributed by atoms with Crippen LogP contribution in [0.1, 0.15) is 42.9 Å². The third-order valence-electron chi connectivity index (χ3n) is 3.92. The highest BCUT2D eigenvalue weighted by Gasteiger charge is 2.38. The summed E-state index contributed by atoms with van der Waals surface area (Å²) in [5, 5.41) is 0. The summed E-state index contributed by atoms with van der Waals surface area (Å²) in [4.78, 5) is 0. The molecule has 1 aromatic carbocycles. The Hall–Kier alpha value is -0.930. The quantitative estimate of drug-likeness (QED) is 0.873. The molecule has 2 rings (SSSR count). The second-order valence-electron chi connectivity index (χ2n) is 5.05. The van der Waals surface area contributed by atoms with Gasteiger partial charge < -0.3 is 10.5 Å². The minimum Gasteiger partial charge on any atom is -0.378 e. The van der Waals surface area contributed by atoms with Crippen LogP contribution in [0, 0.1) is 12.7 Å². The van der Waals surface area contributed by atoms with E-state index in [-0.39, 0.29) is 17.5 Å². The average molecular weight is 237 g/mol. The molecule has 1 unspecified atom stereocenters. The summed E-state index contributed by atoms with van der Waals surface area (Å²) in [6, 6.07) is 4.73. The maximum absolute atomic E-state index is 13.0. The molecular weight excluding hydrogens is 217 g/mol. The zero-order chi connectivity index (χ0) is 12.5. The molecule has 0 aliphatic heterocycles. The van der Waals surface area contributed by atoms with E-state index in [1.807, 2.05) is 6.92 Å². The van der Waals surface area contributed by atoms with Crippen LogP contribution < -0.4 is 5.73 Å². The van der Waals surface area contributed by atoms with Crippen molar-refractivity contribution in [1.82, 2.24) is 0 Å². The molecule has 1 aromatic rings. The number of nitrogens with two attached hydrogens (primary N) is 1. The highest BCUT2D eigenvalue weighted by atomic mass is 19.1. The number of benzene rings is 1. The fraction of sp³-hybridized carbons (Fsp3) is 0.571. The third kappa shape index (κ3) is 2.50. The number of hydrogen-bond donors (Lipinski definition) is 1. The molecule has 0 radical (unpaired) electrons. The van der Waals surface area contributed by atoms with E-state index in [1.165, 1.54) is 18.6 Å². The van der Waals surface area contributed by atoms with E-state index >= 15 is 0 Å². The second-order valence-corrected chi connectivity index (χ2v) is 5.05. The van der Waals surface area contributed by atoms with E-state index in [1.54, 1.807) is 13.2 Å². The van der Waals surface area contributed by atoms with Crippen molar-refractivity contribution in [3.8, 4) is 0 Å². The van der Waals surface area contributed by atoms with Gasteiger partial charge >= 0.3 is 0 Å². The molecule has 0 bridgehead atoms. The van der Waals surface area contributed by atoms with Gasteiger partial charge in [0.25, 0.3) is 0 Å². The predicted molar refractivity (Wildman–Crippen MR) is 66.3 cm³/mol. The number of halogens is 1. The van der Waals surface area contributed by atoms with Crippen LogP contribution in [0.3, 0.4) is 0 Å². The van der Waals surface area contributed by atoms with E-state index < -0.39 is 0 Å². The summed E-state index contributed by atoms with van der Waals surface area (Å²) in [6.45, 7) is 1.90. The van der Waals surface area contributed by atoms with Gasteiger partial charge in [-0.25, -0.2) is 4.39 Å².